The van der Waals surface area contributed by atoms with Crippen LogP contribution in [0.1, 0.15) is 18.7 Å². The first-order chi connectivity index (χ1) is 9.28. The molecule has 0 radical (unpaired) electrons. The van der Waals surface area contributed by atoms with Crippen molar-refractivity contribution in [1.29, 1.82) is 0 Å². The van der Waals surface area contributed by atoms with Crippen LogP contribution in [0.4, 0.5) is 11.6 Å². The highest BCUT2D eigenvalue weighted by molar-refractivity contribution is 5.65. The number of nitrogens with zero attached hydrogens (tertiary/aromatic N) is 3. The minimum absolute atomic E-state index is 0.0232. The van der Waals surface area contributed by atoms with Crippen LogP contribution in [0, 0.1) is 0 Å². The fourth-order valence-electron chi connectivity index (χ4n) is 1.96. The number of furan rings is 1. The number of anilines is 2. The third-order valence-electron chi connectivity index (χ3n) is 2.95. The van der Waals surface area contributed by atoms with E-state index in [9.17, 15) is 0 Å². The molecule has 0 saturated heterocycles. The molecule has 98 valence electrons. The second-order valence-corrected chi connectivity index (χ2v) is 4.26. The normalized spacial score (nSPS) is 12.5. The quantitative estimate of drug-likeness (QED) is 0.751. The van der Waals surface area contributed by atoms with Crippen molar-refractivity contribution in [1.82, 2.24) is 14.4 Å². The van der Waals surface area contributed by atoms with Gasteiger partial charge in [0.05, 0.1) is 18.5 Å². The van der Waals surface area contributed by atoms with Crippen LogP contribution < -0.4 is 10.6 Å². The topological polar surface area (TPSA) is 67.4 Å². The first kappa shape index (κ1) is 11.6. The molecule has 0 amide bonds. The van der Waals surface area contributed by atoms with Gasteiger partial charge >= 0.3 is 0 Å². The first-order valence-corrected chi connectivity index (χ1v) is 6.09. The van der Waals surface area contributed by atoms with Gasteiger partial charge in [-0.05, 0) is 19.1 Å². The Hall–Kier alpha value is -2.50. The predicted molar refractivity (Wildman–Crippen MR) is 73.3 cm³/mol. The van der Waals surface area contributed by atoms with Crippen molar-refractivity contribution < 1.29 is 4.42 Å². The molecule has 6 heteroatoms. The summed E-state index contributed by atoms with van der Waals surface area (Å²) >= 11 is 0. The van der Waals surface area contributed by atoms with E-state index in [-0.39, 0.29) is 6.04 Å². The zero-order valence-electron chi connectivity index (χ0n) is 10.8. The van der Waals surface area contributed by atoms with Crippen LogP contribution in [-0.4, -0.2) is 21.4 Å². The van der Waals surface area contributed by atoms with Gasteiger partial charge in [0.15, 0.2) is 11.5 Å². The number of rotatable bonds is 4. The van der Waals surface area contributed by atoms with Gasteiger partial charge in [0.25, 0.3) is 0 Å². The predicted octanol–water partition coefficient (Wildman–Crippen LogP) is 2.54. The summed E-state index contributed by atoms with van der Waals surface area (Å²) in [5.41, 5.74) is 0.789. The Labute approximate surface area is 110 Å². The second-order valence-electron chi connectivity index (χ2n) is 4.26. The lowest BCUT2D eigenvalue weighted by Gasteiger charge is -2.13. The molecule has 0 spiro atoms. The number of imidazole rings is 1. The van der Waals surface area contributed by atoms with E-state index < -0.39 is 0 Å². The standard InChI is InChI=1S/C13H15N5O/c1-9(10-4-3-7-19-10)16-12-13-15-5-6-18(13)8-11(14-2)17-12/h3-9,14H,1-2H3,(H,16,17). The Morgan fingerprint density at radius 3 is 3.05 bits per heavy atom. The third kappa shape index (κ3) is 2.12. The van der Waals surface area contributed by atoms with Gasteiger partial charge in [0.2, 0.25) is 0 Å². The number of hydrogen-bond donors (Lipinski definition) is 2. The highest BCUT2D eigenvalue weighted by atomic mass is 16.3. The molecular formula is C13H15N5O. The summed E-state index contributed by atoms with van der Waals surface area (Å²) in [6.45, 7) is 2.02. The number of nitrogens with one attached hydrogen (secondary N) is 2. The molecule has 0 aliphatic rings. The van der Waals surface area contributed by atoms with Crippen molar-refractivity contribution in [3.8, 4) is 0 Å². The minimum Gasteiger partial charge on any atom is -0.467 e. The van der Waals surface area contributed by atoms with Crippen LogP contribution in [0.25, 0.3) is 5.65 Å². The Balaban J connectivity index is 1.97. The molecule has 0 fully saturated rings. The van der Waals surface area contributed by atoms with E-state index in [4.69, 9.17) is 4.42 Å². The molecule has 1 atom stereocenters. The van der Waals surface area contributed by atoms with Gasteiger partial charge in [-0.2, -0.15) is 0 Å². The maximum Gasteiger partial charge on any atom is 0.180 e. The number of hydrogen-bond acceptors (Lipinski definition) is 5. The molecule has 0 aromatic carbocycles. The van der Waals surface area contributed by atoms with Crippen molar-refractivity contribution in [2.24, 2.45) is 0 Å². The summed E-state index contributed by atoms with van der Waals surface area (Å²) in [7, 11) is 1.84. The van der Waals surface area contributed by atoms with Gasteiger partial charge in [-0.3, -0.25) is 0 Å². The van der Waals surface area contributed by atoms with E-state index in [0.29, 0.717) is 0 Å². The van der Waals surface area contributed by atoms with Crippen molar-refractivity contribution in [2.45, 2.75) is 13.0 Å². The summed E-state index contributed by atoms with van der Waals surface area (Å²) in [6, 6.07) is 3.83. The van der Waals surface area contributed by atoms with E-state index in [1.54, 1.807) is 12.5 Å². The highest BCUT2D eigenvalue weighted by Crippen LogP contribution is 2.22. The lowest BCUT2D eigenvalue weighted by atomic mass is 10.2. The molecule has 19 heavy (non-hydrogen) atoms. The van der Waals surface area contributed by atoms with E-state index >= 15 is 0 Å². The summed E-state index contributed by atoms with van der Waals surface area (Å²) in [5, 5.41) is 6.35. The van der Waals surface area contributed by atoms with Crippen LogP contribution in [0.2, 0.25) is 0 Å². The second kappa shape index (κ2) is 4.64. The zero-order valence-corrected chi connectivity index (χ0v) is 10.8. The monoisotopic (exact) mass is 257 g/mol. The van der Waals surface area contributed by atoms with Gasteiger partial charge in [-0.25, -0.2) is 9.97 Å². The van der Waals surface area contributed by atoms with Crippen LogP contribution in [0.5, 0.6) is 0 Å². The molecule has 3 rings (SSSR count). The Kier molecular flexibility index (Phi) is 2.83. The average molecular weight is 257 g/mol. The summed E-state index contributed by atoms with van der Waals surface area (Å²) in [5.74, 6) is 2.36. The van der Waals surface area contributed by atoms with Gasteiger partial charge in [0, 0.05) is 19.4 Å². The maximum atomic E-state index is 5.38. The Morgan fingerprint density at radius 2 is 2.32 bits per heavy atom. The van der Waals surface area contributed by atoms with Crippen LogP contribution >= 0.6 is 0 Å². The Morgan fingerprint density at radius 1 is 1.42 bits per heavy atom. The van der Waals surface area contributed by atoms with E-state index in [0.717, 1.165) is 23.0 Å². The minimum atomic E-state index is 0.0232. The Bertz CT molecular complexity index is 673. The molecule has 0 saturated carbocycles. The first-order valence-electron chi connectivity index (χ1n) is 6.09. The smallest absolute Gasteiger partial charge is 0.180 e. The van der Waals surface area contributed by atoms with E-state index in [1.807, 2.05) is 42.9 Å². The van der Waals surface area contributed by atoms with Crippen LogP contribution in [-0.2, 0) is 0 Å². The van der Waals surface area contributed by atoms with Gasteiger partial charge < -0.3 is 19.5 Å². The van der Waals surface area contributed by atoms with Crippen molar-refractivity contribution in [3.05, 3.63) is 42.7 Å². The van der Waals surface area contributed by atoms with Crippen LogP contribution in [0.15, 0.2) is 41.4 Å². The van der Waals surface area contributed by atoms with Gasteiger partial charge in [-0.15, -0.1) is 0 Å². The molecule has 3 aromatic rings. The van der Waals surface area contributed by atoms with Crippen molar-refractivity contribution in [3.63, 3.8) is 0 Å². The van der Waals surface area contributed by atoms with E-state index in [1.165, 1.54) is 0 Å². The van der Waals surface area contributed by atoms with Crippen molar-refractivity contribution >= 4 is 17.3 Å². The average Bonchev–Trinajstić information content (AvgIpc) is 3.09. The largest absolute Gasteiger partial charge is 0.467 e. The molecule has 0 aliphatic carbocycles. The van der Waals surface area contributed by atoms with Crippen molar-refractivity contribution in [2.75, 3.05) is 17.7 Å². The van der Waals surface area contributed by atoms with Gasteiger partial charge in [0.1, 0.15) is 11.6 Å². The zero-order chi connectivity index (χ0) is 13.2. The molecule has 1 unspecified atom stereocenters. The lowest BCUT2D eigenvalue weighted by molar-refractivity contribution is 0.490. The van der Waals surface area contributed by atoms with Gasteiger partial charge in [-0.1, -0.05) is 0 Å². The fraction of sp³-hybridized carbons (Fsp3) is 0.231. The summed E-state index contributed by atoms with van der Waals surface area (Å²) < 4.78 is 7.31. The molecular weight excluding hydrogens is 242 g/mol. The molecule has 0 aliphatic heterocycles. The molecule has 3 heterocycles. The third-order valence-corrected chi connectivity index (χ3v) is 2.95. The maximum absolute atomic E-state index is 5.38. The molecule has 2 N–H and O–H groups in total. The molecule has 0 bridgehead atoms. The highest BCUT2D eigenvalue weighted by Gasteiger charge is 2.13. The summed E-state index contributed by atoms with van der Waals surface area (Å²) in [4.78, 5) is 8.80. The number of fused-ring (bicyclic) bond motifs is 1. The lowest BCUT2D eigenvalue weighted by Crippen LogP contribution is -2.10. The van der Waals surface area contributed by atoms with Crippen LogP contribution in [0.3, 0.4) is 0 Å². The summed E-state index contributed by atoms with van der Waals surface area (Å²) in [6.07, 6.45) is 7.20. The SMILES string of the molecule is CNc1cn2ccnc2c(NC(C)c2ccco2)n1. The van der Waals surface area contributed by atoms with E-state index in [2.05, 4.69) is 20.6 Å². The number of aromatic nitrogens is 3. The fourth-order valence-corrected chi connectivity index (χ4v) is 1.96. The molecule has 6 nitrogen and oxygen atoms in total. The molecule has 3 aromatic heterocycles.